The first-order chi connectivity index (χ1) is 7.63. The second kappa shape index (κ2) is 5.01. The zero-order valence-corrected chi connectivity index (χ0v) is 10.3. The fraction of sp³-hybridized carbons (Fsp3) is 0.250. The van der Waals surface area contributed by atoms with E-state index in [9.17, 15) is 21.6 Å². The van der Waals surface area contributed by atoms with Gasteiger partial charge in [0.25, 0.3) is 0 Å². The van der Waals surface area contributed by atoms with Crippen molar-refractivity contribution in [2.45, 2.75) is 12.1 Å². The summed E-state index contributed by atoms with van der Waals surface area (Å²) in [5, 5.41) is 0.268. The lowest BCUT2D eigenvalue weighted by Crippen LogP contribution is -2.25. The lowest BCUT2D eigenvalue weighted by atomic mass is 10.2. The Morgan fingerprint density at radius 1 is 1.24 bits per heavy atom. The highest BCUT2D eigenvalue weighted by atomic mass is 35.5. The highest BCUT2D eigenvalue weighted by Crippen LogP contribution is 2.27. The van der Waals surface area contributed by atoms with E-state index in [1.807, 2.05) is 0 Å². The van der Waals surface area contributed by atoms with Crippen molar-refractivity contribution < 1.29 is 25.8 Å². The fourth-order valence-electron chi connectivity index (χ4n) is 0.862. The lowest BCUT2D eigenvalue weighted by Gasteiger charge is -2.09. The van der Waals surface area contributed by atoms with Gasteiger partial charge in [0.05, 0.1) is 6.61 Å². The van der Waals surface area contributed by atoms with Gasteiger partial charge in [0.15, 0.2) is 0 Å². The minimum atomic E-state index is -5.63. The van der Waals surface area contributed by atoms with Crippen LogP contribution in [0, 0.1) is 0 Å². The first-order valence-electron chi connectivity index (χ1n) is 4.03. The summed E-state index contributed by atoms with van der Waals surface area (Å²) in [7, 11) is -5.63. The summed E-state index contributed by atoms with van der Waals surface area (Å²) in [6.45, 7) is -0.832. The number of benzene rings is 1. The van der Waals surface area contributed by atoms with Gasteiger partial charge >= 0.3 is 15.6 Å². The van der Waals surface area contributed by atoms with Gasteiger partial charge in [-0.2, -0.15) is 21.6 Å². The molecule has 3 nitrogen and oxygen atoms in total. The Balaban J connectivity index is 2.85. The highest BCUT2D eigenvalue weighted by molar-refractivity contribution is 7.87. The summed E-state index contributed by atoms with van der Waals surface area (Å²) in [5.74, 6) is 0. The Labute approximate surface area is 105 Å². The molecular weight excluding hydrogens is 304 g/mol. The molecule has 0 N–H and O–H groups in total. The fourth-order valence-corrected chi connectivity index (χ4v) is 1.64. The third-order valence-corrected chi connectivity index (χ3v) is 3.26. The van der Waals surface area contributed by atoms with Crippen LogP contribution in [0.3, 0.4) is 0 Å². The molecule has 0 aliphatic heterocycles. The van der Waals surface area contributed by atoms with E-state index in [0.29, 0.717) is 0 Å². The topological polar surface area (TPSA) is 43.4 Å². The molecule has 0 saturated carbocycles. The van der Waals surface area contributed by atoms with E-state index in [4.69, 9.17) is 23.2 Å². The van der Waals surface area contributed by atoms with Crippen molar-refractivity contribution in [1.82, 2.24) is 0 Å². The minimum Gasteiger partial charge on any atom is -0.258 e. The normalized spacial score (nSPS) is 12.8. The van der Waals surface area contributed by atoms with Gasteiger partial charge in [0.2, 0.25) is 0 Å². The first kappa shape index (κ1) is 14.6. The van der Waals surface area contributed by atoms with Crippen molar-refractivity contribution in [3.63, 3.8) is 0 Å². The van der Waals surface area contributed by atoms with E-state index in [0.717, 1.165) is 0 Å². The zero-order valence-electron chi connectivity index (χ0n) is 7.96. The van der Waals surface area contributed by atoms with Gasteiger partial charge in [-0.1, -0.05) is 23.2 Å². The summed E-state index contributed by atoms with van der Waals surface area (Å²) in [6.07, 6.45) is 0. The quantitative estimate of drug-likeness (QED) is 0.635. The third-order valence-electron chi connectivity index (χ3n) is 1.66. The molecule has 0 amide bonds. The average Bonchev–Trinajstić information content (AvgIpc) is 2.18. The van der Waals surface area contributed by atoms with Crippen LogP contribution < -0.4 is 0 Å². The van der Waals surface area contributed by atoms with E-state index >= 15 is 0 Å². The summed E-state index contributed by atoms with van der Waals surface area (Å²) in [5.41, 5.74) is -5.41. The Morgan fingerprint density at radius 2 is 1.82 bits per heavy atom. The summed E-state index contributed by atoms with van der Waals surface area (Å²) >= 11 is 11.2. The van der Waals surface area contributed by atoms with Crippen molar-refractivity contribution in [2.24, 2.45) is 0 Å². The molecule has 0 bridgehead atoms. The molecule has 0 aliphatic carbocycles. The van der Waals surface area contributed by atoms with Crippen LogP contribution in [0.25, 0.3) is 0 Å². The van der Waals surface area contributed by atoms with Crippen molar-refractivity contribution in [2.75, 3.05) is 0 Å². The zero-order chi connectivity index (χ0) is 13.3. The molecule has 0 aromatic heterocycles. The molecular formula is C8H5Cl2F3O3S. The molecule has 1 rings (SSSR count). The van der Waals surface area contributed by atoms with E-state index < -0.39 is 22.2 Å². The second-order valence-electron chi connectivity index (χ2n) is 2.90. The maximum absolute atomic E-state index is 11.9. The molecule has 96 valence electrons. The van der Waals surface area contributed by atoms with Crippen molar-refractivity contribution in [3.05, 3.63) is 33.8 Å². The molecule has 0 spiro atoms. The molecule has 17 heavy (non-hydrogen) atoms. The molecule has 0 fully saturated rings. The Hall–Kier alpha value is -0.500. The lowest BCUT2D eigenvalue weighted by molar-refractivity contribution is -0.0547. The van der Waals surface area contributed by atoms with Crippen LogP contribution in [0.5, 0.6) is 0 Å². The second-order valence-corrected chi connectivity index (χ2v) is 5.35. The summed E-state index contributed by atoms with van der Waals surface area (Å²) < 4.78 is 60.8. The maximum atomic E-state index is 11.9. The van der Waals surface area contributed by atoms with E-state index in [2.05, 4.69) is 4.18 Å². The van der Waals surface area contributed by atoms with Crippen molar-refractivity contribution in [1.29, 1.82) is 0 Å². The molecule has 9 heteroatoms. The molecule has 0 atom stereocenters. The van der Waals surface area contributed by atoms with E-state index in [1.165, 1.54) is 18.2 Å². The van der Waals surface area contributed by atoms with E-state index in [-0.39, 0.29) is 15.6 Å². The SMILES string of the molecule is O=S(=O)(OCc1cc(Cl)ccc1Cl)C(F)(F)F. The molecule has 0 aliphatic rings. The van der Waals surface area contributed by atoms with Crippen LogP contribution >= 0.6 is 23.2 Å². The van der Waals surface area contributed by atoms with Gasteiger partial charge < -0.3 is 0 Å². The standard InChI is InChI=1S/C8H5Cl2F3O3S/c9-6-1-2-7(10)5(3-6)4-16-17(14,15)8(11,12)13/h1-3H,4H2. The number of rotatable bonds is 3. The Morgan fingerprint density at radius 3 is 2.35 bits per heavy atom. The van der Waals surface area contributed by atoms with Gasteiger partial charge in [-0.05, 0) is 23.8 Å². The molecule has 1 aromatic carbocycles. The van der Waals surface area contributed by atoms with Crippen molar-refractivity contribution >= 4 is 33.3 Å². The summed E-state index contributed by atoms with van der Waals surface area (Å²) in [4.78, 5) is 0. The van der Waals surface area contributed by atoms with Gasteiger partial charge in [0, 0.05) is 10.0 Å². The number of alkyl halides is 3. The Bertz CT molecular complexity index is 513. The number of hydrogen-bond donors (Lipinski definition) is 0. The predicted octanol–water partition coefficient (Wildman–Crippen LogP) is 3.36. The average molecular weight is 309 g/mol. The number of hydrogen-bond acceptors (Lipinski definition) is 3. The van der Waals surface area contributed by atoms with E-state index in [1.54, 1.807) is 0 Å². The molecule has 1 aromatic rings. The van der Waals surface area contributed by atoms with Gasteiger partial charge in [-0.3, -0.25) is 4.18 Å². The monoisotopic (exact) mass is 308 g/mol. The van der Waals surface area contributed by atoms with Gasteiger partial charge in [0.1, 0.15) is 0 Å². The molecule has 0 heterocycles. The number of halogens is 5. The predicted molar refractivity (Wildman–Crippen MR) is 56.2 cm³/mol. The smallest absolute Gasteiger partial charge is 0.258 e. The largest absolute Gasteiger partial charge is 0.523 e. The van der Waals surface area contributed by atoms with Crippen LogP contribution in [0.15, 0.2) is 18.2 Å². The van der Waals surface area contributed by atoms with Crippen molar-refractivity contribution in [3.8, 4) is 0 Å². The van der Waals surface area contributed by atoms with Crippen LogP contribution in [-0.4, -0.2) is 13.9 Å². The third kappa shape index (κ3) is 3.74. The molecule has 0 saturated heterocycles. The van der Waals surface area contributed by atoms with Crippen LogP contribution in [0.1, 0.15) is 5.56 Å². The highest BCUT2D eigenvalue weighted by Gasteiger charge is 2.47. The van der Waals surface area contributed by atoms with Gasteiger partial charge in [-0.15, -0.1) is 0 Å². The maximum Gasteiger partial charge on any atom is 0.523 e. The van der Waals surface area contributed by atoms with Crippen LogP contribution in [-0.2, 0) is 20.9 Å². The van der Waals surface area contributed by atoms with Crippen LogP contribution in [0.4, 0.5) is 13.2 Å². The van der Waals surface area contributed by atoms with Gasteiger partial charge in [-0.25, -0.2) is 0 Å². The summed E-state index contributed by atoms with van der Waals surface area (Å²) in [6, 6.07) is 3.95. The van der Waals surface area contributed by atoms with Crippen LogP contribution in [0.2, 0.25) is 10.0 Å². The molecule has 0 radical (unpaired) electrons. The minimum absolute atomic E-state index is 0.0481. The first-order valence-corrected chi connectivity index (χ1v) is 6.19. The molecule has 0 unspecified atom stereocenters. The Kier molecular flexibility index (Phi) is 4.29.